The summed E-state index contributed by atoms with van der Waals surface area (Å²) in [5.41, 5.74) is 6.26. The maximum absolute atomic E-state index is 8.78. The third-order valence-corrected chi connectivity index (χ3v) is 3.03. The van der Waals surface area contributed by atoms with E-state index in [1.54, 1.807) is 6.20 Å². The fraction of sp³-hybridized carbons (Fsp3) is 0.182. The van der Waals surface area contributed by atoms with Gasteiger partial charge in [-0.3, -0.25) is 0 Å². The van der Waals surface area contributed by atoms with Crippen LogP contribution in [-0.4, -0.2) is 28.0 Å². The minimum atomic E-state index is 0.0193. The van der Waals surface area contributed by atoms with Crippen molar-refractivity contribution in [2.24, 2.45) is 0 Å². The van der Waals surface area contributed by atoms with Crippen molar-refractivity contribution in [1.82, 2.24) is 15.0 Å². The average Bonchev–Trinajstić information content (AvgIpc) is 2.94. The molecule has 0 aliphatic heterocycles. The third-order valence-electron chi connectivity index (χ3n) is 2.34. The molecule has 0 spiro atoms. The van der Waals surface area contributed by atoms with E-state index in [0.29, 0.717) is 16.8 Å². The molecule has 20 heavy (non-hydrogen) atoms. The van der Waals surface area contributed by atoms with Gasteiger partial charge in [0.2, 0.25) is 0 Å². The van der Waals surface area contributed by atoms with Gasteiger partial charge < -0.3 is 16.0 Å². The van der Waals surface area contributed by atoms with Crippen LogP contribution >= 0.6 is 11.3 Å². The van der Waals surface area contributed by atoms with Crippen molar-refractivity contribution >= 4 is 33.8 Å². The highest BCUT2D eigenvalue weighted by Crippen LogP contribution is 2.28. The Kier molecular flexibility index (Phi) is 4.27. The zero-order chi connectivity index (χ0) is 14.4. The standard InChI is InChI=1S/C11H10N8S/c12-1-4-19(5-2-13)10-8(14)9(16-7-17-10)18-11-15-3-6-20-11/h3,6-7H,4-5,14H2,(H,15,16,17,18). The Morgan fingerprint density at radius 1 is 1.25 bits per heavy atom. The van der Waals surface area contributed by atoms with E-state index in [-0.39, 0.29) is 18.8 Å². The van der Waals surface area contributed by atoms with Crippen LogP contribution in [-0.2, 0) is 0 Å². The van der Waals surface area contributed by atoms with Crippen LogP contribution in [0.5, 0.6) is 0 Å². The summed E-state index contributed by atoms with van der Waals surface area (Å²) in [6, 6.07) is 3.94. The molecular weight excluding hydrogens is 276 g/mol. The second kappa shape index (κ2) is 6.31. The number of rotatable bonds is 5. The van der Waals surface area contributed by atoms with Crippen molar-refractivity contribution in [3.05, 3.63) is 17.9 Å². The molecule has 2 rings (SSSR count). The highest BCUT2D eigenvalue weighted by molar-refractivity contribution is 7.13. The summed E-state index contributed by atoms with van der Waals surface area (Å²) >= 11 is 1.40. The topological polar surface area (TPSA) is 128 Å². The predicted molar refractivity (Wildman–Crippen MR) is 75.3 cm³/mol. The zero-order valence-corrected chi connectivity index (χ0v) is 11.1. The molecule has 0 amide bonds. The Labute approximate surface area is 119 Å². The van der Waals surface area contributed by atoms with E-state index >= 15 is 0 Å². The van der Waals surface area contributed by atoms with Crippen LogP contribution < -0.4 is 16.0 Å². The van der Waals surface area contributed by atoms with Gasteiger partial charge in [-0.2, -0.15) is 10.5 Å². The summed E-state index contributed by atoms with van der Waals surface area (Å²) in [6.45, 7) is 0.0386. The number of thiazole rings is 1. The van der Waals surface area contributed by atoms with Crippen LogP contribution in [0.25, 0.3) is 0 Å². The molecule has 0 unspecified atom stereocenters. The summed E-state index contributed by atoms with van der Waals surface area (Å²) in [6.07, 6.45) is 2.98. The minimum absolute atomic E-state index is 0.0193. The first-order valence-corrected chi connectivity index (χ1v) is 6.40. The molecule has 0 aliphatic carbocycles. The maximum Gasteiger partial charge on any atom is 0.188 e. The van der Waals surface area contributed by atoms with Crippen molar-refractivity contribution in [2.45, 2.75) is 0 Å². The third kappa shape index (κ3) is 2.91. The zero-order valence-electron chi connectivity index (χ0n) is 10.3. The van der Waals surface area contributed by atoms with Crippen molar-refractivity contribution < 1.29 is 0 Å². The maximum atomic E-state index is 8.78. The Morgan fingerprint density at radius 3 is 2.60 bits per heavy atom. The molecule has 0 fully saturated rings. The van der Waals surface area contributed by atoms with Crippen molar-refractivity contribution in [3.63, 3.8) is 0 Å². The van der Waals surface area contributed by atoms with E-state index in [0.717, 1.165) is 0 Å². The number of nitrogens with two attached hydrogens (primary N) is 1. The van der Waals surface area contributed by atoms with Crippen molar-refractivity contribution in [2.75, 3.05) is 29.0 Å². The quantitative estimate of drug-likeness (QED) is 0.782. The minimum Gasteiger partial charge on any atom is -0.393 e. The number of hydrogen-bond donors (Lipinski definition) is 2. The van der Waals surface area contributed by atoms with Crippen LogP contribution in [0.3, 0.4) is 0 Å². The van der Waals surface area contributed by atoms with Gasteiger partial charge in [0.15, 0.2) is 16.8 Å². The number of hydrogen-bond acceptors (Lipinski definition) is 9. The monoisotopic (exact) mass is 286 g/mol. The van der Waals surface area contributed by atoms with Crippen molar-refractivity contribution in [3.8, 4) is 12.1 Å². The number of nitrogens with zero attached hydrogens (tertiary/aromatic N) is 6. The molecule has 0 bridgehead atoms. The lowest BCUT2D eigenvalue weighted by molar-refractivity contribution is 0.929. The Bertz CT molecular complexity index is 638. The van der Waals surface area contributed by atoms with E-state index in [1.807, 2.05) is 17.5 Å². The number of aromatic nitrogens is 3. The molecule has 0 aliphatic rings. The lowest BCUT2D eigenvalue weighted by Crippen LogP contribution is -2.26. The highest BCUT2D eigenvalue weighted by atomic mass is 32.1. The smallest absolute Gasteiger partial charge is 0.188 e. The number of anilines is 4. The first-order chi connectivity index (χ1) is 9.76. The summed E-state index contributed by atoms with van der Waals surface area (Å²) in [4.78, 5) is 13.6. The van der Waals surface area contributed by atoms with Crippen LogP contribution in [0, 0.1) is 22.7 Å². The van der Waals surface area contributed by atoms with Gasteiger partial charge in [-0.25, -0.2) is 15.0 Å². The molecule has 100 valence electrons. The largest absolute Gasteiger partial charge is 0.393 e. The molecule has 3 N–H and O–H groups in total. The second-order valence-electron chi connectivity index (χ2n) is 3.59. The van der Waals surface area contributed by atoms with Crippen LogP contribution in [0.15, 0.2) is 17.9 Å². The van der Waals surface area contributed by atoms with Gasteiger partial charge in [0.25, 0.3) is 0 Å². The lowest BCUT2D eigenvalue weighted by Gasteiger charge is -2.19. The lowest BCUT2D eigenvalue weighted by atomic mass is 10.3. The molecule has 0 saturated heterocycles. The summed E-state index contributed by atoms with van der Waals surface area (Å²) in [5, 5.41) is 23.0. The normalized spacial score (nSPS) is 9.50. The van der Waals surface area contributed by atoms with Crippen LogP contribution in [0.4, 0.5) is 22.5 Å². The van der Waals surface area contributed by atoms with E-state index < -0.39 is 0 Å². The Hall–Kier alpha value is -2.91. The summed E-state index contributed by atoms with van der Waals surface area (Å²) in [5.74, 6) is 0.744. The number of nitrogen functional groups attached to an aromatic ring is 1. The molecule has 8 nitrogen and oxygen atoms in total. The van der Waals surface area contributed by atoms with Gasteiger partial charge in [-0.15, -0.1) is 11.3 Å². The Balaban J connectivity index is 2.31. The molecule has 0 atom stereocenters. The van der Waals surface area contributed by atoms with Crippen LogP contribution in [0.1, 0.15) is 0 Å². The predicted octanol–water partition coefficient (Wildman–Crippen LogP) is 1.11. The first kappa shape index (κ1) is 13.5. The van der Waals surface area contributed by atoms with Gasteiger partial charge in [0, 0.05) is 11.6 Å². The van der Waals surface area contributed by atoms with Gasteiger partial charge in [-0.05, 0) is 0 Å². The van der Waals surface area contributed by atoms with Gasteiger partial charge in [0.1, 0.15) is 25.1 Å². The highest BCUT2D eigenvalue weighted by Gasteiger charge is 2.15. The molecule has 0 aromatic carbocycles. The van der Waals surface area contributed by atoms with E-state index in [4.69, 9.17) is 16.3 Å². The molecule has 0 radical (unpaired) electrons. The molecule has 2 aromatic rings. The summed E-state index contributed by atoms with van der Waals surface area (Å²) in [7, 11) is 0. The SMILES string of the molecule is N#CCN(CC#N)c1ncnc(Nc2nccs2)c1N. The first-order valence-electron chi connectivity index (χ1n) is 5.52. The molecular formula is C11H10N8S. The fourth-order valence-corrected chi connectivity index (χ4v) is 2.03. The van der Waals surface area contributed by atoms with E-state index in [1.165, 1.54) is 22.6 Å². The van der Waals surface area contributed by atoms with Gasteiger partial charge >= 0.3 is 0 Å². The van der Waals surface area contributed by atoms with Gasteiger partial charge in [0.05, 0.1) is 12.1 Å². The van der Waals surface area contributed by atoms with E-state index in [2.05, 4.69) is 20.3 Å². The molecule has 2 aromatic heterocycles. The summed E-state index contributed by atoms with van der Waals surface area (Å²) < 4.78 is 0. The number of nitriles is 2. The average molecular weight is 286 g/mol. The van der Waals surface area contributed by atoms with Crippen LogP contribution in [0.2, 0.25) is 0 Å². The molecule has 9 heteroatoms. The second-order valence-corrected chi connectivity index (χ2v) is 4.49. The fourth-order valence-electron chi connectivity index (χ4n) is 1.50. The Morgan fingerprint density at radius 2 is 2.00 bits per heavy atom. The molecule has 2 heterocycles. The molecule has 0 saturated carbocycles. The van der Waals surface area contributed by atoms with Crippen molar-refractivity contribution in [1.29, 1.82) is 10.5 Å². The van der Waals surface area contributed by atoms with Gasteiger partial charge in [-0.1, -0.05) is 0 Å². The van der Waals surface area contributed by atoms with E-state index in [9.17, 15) is 0 Å². The number of nitrogens with one attached hydrogen (secondary N) is 1.